The van der Waals surface area contributed by atoms with Crippen LogP contribution < -0.4 is 20.4 Å². The summed E-state index contributed by atoms with van der Waals surface area (Å²) >= 11 is 0. The first kappa shape index (κ1) is 23.2. The lowest BCUT2D eigenvalue weighted by atomic mass is 10.1. The Morgan fingerprint density at radius 3 is 2.47 bits per heavy atom. The predicted octanol–water partition coefficient (Wildman–Crippen LogP) is 0.602. The summed E-state index contributed by atoms with van der Waals surface area (Å²) in [5.41, 5.74) is 0.914. The minimum atomic E-state index is -0.294. The molecule has 1 heterocycles. The van der Waals surface area contributed by atoms with Gasteiger partial charge in [0.1, 0.15) is 5.76 Å². The zero-order chi connectivity index (χ0) is 22.1. The van der Waals surface area contributed by atoms with Crippen molar-refractivity contribution in [2.45, 2.75) is 33.4 Å². The van der Waals surface area contributed by atoms with Gasteiger partial charge in [0.25, 0.3) is 17.7 Å². The molecule has 1 aromatic heterocycles. The fourth-order valence-electron chi connectivity index (χ4n) is 3.01. The molecule has 162 valence electrons. The van der Waals surface area contributed by atoms with E-state index in [0.717, 1.165) is 4.90 Å². The third-order valence-corrected chi connectivity index (χ3v) is 4.65. The van der Waals surface area contributed by atoms with Gasteiger partial charge in [-0.1, -0.05) is 12.1 Å². The van der Waals surface area contributed by atoms with E-state index in [0.29, 0.717) is 23.6 Å². The highest BCUT2D eigenvalue weighted by molar-refractivity contribution is 6.04. The van der Waals surface area contributed by atoms with E-state index in [4.69, 9.17) is 4.42 Å². The quantitative estimate of drug-likeness (QED) is 0.530. The molecule has 0 saturated carbocycles. The molecule has 1 atom stereocenters. The lowest BCUT2D eigenvalue weighted by Gasteiger charge is -2.23. The van der Waals surface area contributed by atoms with Crippen molar-refractivity contribution in [2.75, 3.05) is 31.6 Å². The summed E-state index contributed by atoms with van der Waals surface area (Å²) in [4.78, 5) is 39.9. The van der Waals surface area contributed by atoms with E-state index in [-0.39, 0.29) is 43.4 Å². The average Bonchev–Trinajstić information content (AvgIpc) is 3.23. The van der Waals surface area contributed by atoms with Gasteiger partial charge in [-0.2, -0.15) is 0 Å². The van der Waals surface area contributed by atoms with Crippen molar-refractivity contribution in [3.05, 3.63) is 54.0 Å². The molecule has 1 aromatic carbocycles. The van der Waals surface area contributed by atoms with Gasteiger partial charge >= 0.3 is 0 Å². The number of nitrogens with one attached hydrogen (secondary N) is 3. The van der Waals surface area contributed by atoms with Crippen LogP contribution in [0.3, 0.4) is 0 Å². The minimum Gasteiger partial charge on any atom is -0.467 e. The van der Waals surface area contributed by atoms with Crippen LogP contribution in [0, 0.1) is 0 Å². The zero-order valence-electron chi connectivity index (χ0n) is 18.0. The molecule has 30 heavy (non-hydrogen) atoms. The third kappa shape index (κ3) is 6.73. The summed E-state index contributed by atoms with van der Waals surface area (Å²) in [6, 6.07) is 10.5. The Balaban J connectivity index is 2.04. The molecule has 0 fully saturated rings. The van der Waals surface area contributed by atoms with Gasteiger partial charge in [0.2, 0.25) is 0 Å². The molecule has 0 spiro atoms. The van der Waals surface area contributed by atoms with Gasteiger partial charge in [-0.25, -0.2) is 0 Å². The maximum Gasteiger partial charge on any atom is 0.281 e. The molecule has 0 aliphatic carbocycles. The number of amides is 3. The molecule has 1 unspecified atom stereocenters. The molecular weight excluding hydrogens is 384 g/mol. The monoisotopic (exact) mass is 415 g/mol. The van der Waals surface area contributed by atoms with E-state index in [1.165, 1.54) is 4.90 Å². The highest BCUT2D eigenvalue weighted by Crippen LogP contribution is 2.19. The molecule has 0 aliphatic heterocycles. The topological polar surface area (TPSA) is 96.1 Å². The second-order valence-corrected chi connectivity index (χ2v) is 7.41. The van der Waals surface area contributed by atoms with E-state index >= 15 is 0 Å². The number of carbonyl (C=O) groups excluding carboxylic acids is 3. The zero-order valence-corrected chi connectivity index (χ0v) is 18.0. The van der Waals surface area contributed by atoms with Crippen LogP contribution in [0.4, 0.5) is 5.69 Å². The maximum absolute atomic E-state index is 12.9. The molecule has 0 saturated heterocycles. The number of nitrogens with zero attached hydrogens (tertiary/aromatic N) is 1. The van der Waals surface area contributed by atoms with Crippen LogP contribution in [0.2, 0.25) is 0 Å². The van der Waals surface area contributed by atoms with Crippen LogP contribution in [-0.2, 0) is 16.1 Å². The summed E-state index contributed by atoms with van der Waals surface area (Å²) in [6.45, 7) is 7.00. The van der Waals surface area contributed by atoms with Crippen molar-refractivity contribution in [1.82, 2.24) is 10.6 Å². The van der Waals surface area contributed by atoms with Crippen molar-refractivity contribution in [2.24, 2.45) is 0 Å². The van der Waals surface area contributed by atoms with Crippen molar-refractivity contribution >= 4 is 23.4 Å². The fraction of sp³-hybridized carbons (Fsp3) is 0.409. The number of para-hydroxylation sites is 1. The summed E-state index contributed by atoms with van der Waals surface area (Å²) < 4.78 is 5.23. The normalized spacial score (nSPS) is 11.8. The minimum absolute atomic E-state index is 0.0561. The number of carbonyl (C=O) groups is 3. The average molecular weight is 416 g/mol. The molecule has 8 heteroatoms. The van der Waals surface area contributed by atoms with Gasteiger partial charge in [-0.15, -0.1) is 0 Å². The predicted molar refractivity (Wildman–Crippen MR) is 114 cm³/mol. The van der Waals surface area contributed by atoms with Crippen LogP contribution in [-0.4, -0.2) is 50.4 Å². The molecule has 3 N–H and O–H groups in total. The molecule has 0 bridgehead atoms. The number of quaternary nitrogens is 1. The van der Waals surface area contributed by atoms with E-state index in [1.54, 1.807) is 49.7 Å². The number of anilines is 1. The van der Waals surface area contributed by atoms with Gasteiger partial charge in [-0.3, -0.25) is 14.4 Å². The maximum atomic E-state index is 12.9. The standard InChI is InChI=1S/C22H30N4O4/c1-5-26(14-20(27)24-16(2)3)15-21(28)25(4)19-11-7-6-10-18(19)22(29)23-13-17-9-8-12-30-17/h6-12,16H,5,13-15H2,1-4H3,(H,23,29)(H,24,27)/p+1. The molecule has 2 aromatic rings. The van der Waals surface area contributed by atoms with E-state index in [1.807, 2.05) is 20.8 Å². The molecule has 2 rings (SSSR count). The fourth-order valence-corrected chi connectivity index (χ4v) is 3.01. The van der Waals surface area contributed by atoms with Crippen molar-refractivity contribution < 1.29 is 23.7 Å². The summed E-state index contributed by atoms with van der Waals surface area (Å²) in [7, 11) is 1.64. The number of hydrogen-bond donors (Lipinski definition) is 3. The lowest BCUT2D eigenvalue weighted by molar-refractivity contribution is -0.881. The Hall–Kier alpha value is -3.13. The lowest BCUT2D eigenvalue weighted by Crippen LogP contribution is -3.14. The summed E-state index contributed by atoms with van der Waals surface area (Å²) in [6.07, 6.45) is 1.55. The van der Waals surface area contributed by atoms with Crippen molar-refractivity contribution in [3.63, 3.8) is 0 Å². The summed E-state index contributed by atoms with van der Waals surface area (Å²) in [5.74, 6) is 0.0928. The van der Waals surface area contributed by atoms with Gasteiger partial charge in [-0.05, 0) is 45.0 Å². The molecule has 3 amide bonds. The Morgan fingerprint density at radius 2 is 1.83 bits per heavy atom. The molecule has 0 aliphatic rings. The number of rotatable bonds is 10. The first-order valence-electron chi connectivity index (χ1n) is 10.1. The van der Waals surface area contributed by atoms with E-state index in [9.17, 15) is 14.4 Å². The Labute approximate surface area is 177 Å². The Kier molecular flexibility index (Phi) is 8.61. The van der Waals surface area contributed by atoms with Crippen molar-refractivity contribution in [3.8, 4) is 0 Å². The molecular formula is C22H31N4O4+. The molecule has 0 radical (unpaired) electrons. The first-order chi connectivity index (χ1) is 14.3. The smallest absolute Gasteiger partial charge is 0.281 e. The largest absolute Gasteiger partial charge is 0.467 e. The second-order valence-electron chi connectivity index (χ2n) is 7.41. The van der Waals surface area contributed by atoms with E-state index < -0.39 is 0 Å². The van der Waals surface area contributed by atoms with Crippen LogP contribution in [0.1, 0.15) is 36.9 Å². The highest BCUT2D eigenvalue weighted by atomic mass is 16.3. The number of benzene rings is 1. The van der Waals surface area contributed by atoms with Crippen LogP contribution >= 0.6 is 0 Å². The Morgan fingerprint density at radius 1 is 1.10 bits per heavy atom. The van der Waals surface area contributed by atoms with Gasteiger partial charge < -0.3 is 24.9 Å². The van der Waals surface area contributed by atoms with Gasteiger partial charge in [0, 0.05) is 13.1 Å². The van der Waals surface area contributed by atoms with Crippen LogP contribution in [0.5, 0.6) is 0 Å². The third-order valence-electron chi connectivity index (χ3n) is 4.65. The van der Waals surface area contributed by atoms with Gasteiger partial charge in [0.15, 0.2) is 13.1 Å². The summed E-state index contributed by atoms with van der Waals surface area (Å²) in [5, 5.41) is 5.65. The number of furan rings is 1. The van der Waals surface area contributed by atoms with Crippen LogP contribution in [0.15, 0.2) is 47.1 Å². The van der Waals surface area contributed by atoms with E-state index in [2.05, 4.69) is 10.6 Å². The highest BCUT2D eigenvalue weighted by Gasteiger charge is 2.23. The first-order valence-corrected chi connectivity index (χ1v) is 10.1. The van der Waals surface area contributed by atoms with Crippen LogP contribution in [0.25, 0.3) is 0 Å². The number of hydrogen-bond acceptors (Lipinski definition) is 4. The second kappa shape index (κ2) is 11.2. The SMILES string of the molecule is CC[NH+](CC(=O)NC(C)C)CC(=O)N(C)c1ccccc1C(=O)NCc1ccco1. The number of likely N-dealkylation sites (N-methyl/N-ethyl adjacent to an activating group) is 2. The van der Waals surface area contributed by atoms with Gasteiger partial charge in [0.05, 0.1) is 30.6 Å². The van der Waals surface area contributed by atoms with Crippen molar-refractivity contribution in [1.29, 1.82) is 0 Å². The Bertz CT molecular complexity index is 849. The molecule has 8 nitrogen and oxygen atoms in total.